The summed E-state index contributed by atoms with van der Waals surface area (Å²) in [5, 5.41) is 3.40. The van der Waals surface area contributed by atoms with Crippen molar-refractivity contribution in [3.05, 3.63) is 29.3 Å². The predicted octanol–water partition coefficient (Wildman–Crippen LogP) is 2.31. The molecule has 0 atom stereocenters. The number of piperidine rings is 1. The molecule has 1 aliphatic heterocycles. The molecular formula is C14H21NO2. The van der Waals surface area contributed by atoms with Gasteiger partial charge in [-0.2, -0.15) is 0 Å². The summed E-state index contributed by atoms with van der Waals surface area (Å²) in [6, 6.07) is 6.23. The Kier molecular flexibility index (Phi) is 4.40. The van der Waals surface area contributed by atoms with Gasteiger partial charge in [-0.15, -0.1) is 0 Å². The van der Waals surface area contributed by atoms with Gasteiger partial charge in [0.2, 0.25) is 0 Å². The summed E-state index contributed by atoms with van der Waals surface area (Å²) in [7, 11) is 3.49. The minimum Gasteiger partial charge on any atom is -0.496 e. The lowest BCUT2D eigenvalue weighted by Gasteiger charge is -2.26. The normalized spacial score (nSPS) is 17.1. The smallest absolute Gasteiger partial charge is 0.122 e. The van der Waals surface area contributed by atoms with Crippen molar-refractivity contribution in [1.82, 2.24) is 5.32 Å². The van der Waals surface area contributed by atoms with Gasteiger partial charge >= 0.3 is 0 Å². The predicted molar refractivity (Wildman–Crippen MR) is 68.6 cm³/mol. The number of benzene rings is 1. The van der Waals surface area contributed by atoms with Crippen molar-refractivity contribution in [1.29, 1.82) is 0 Å². The second-order valence-electron chi connectivity index (χ2n) is 4.49. The standard InChI is InChI=1S/C14H21NO2/c1-16-10-12-4-3-5-13(17-2)14(12)11-6-8-15-9-7-11/h3-5,11,15H,6-10H2,1-2H3. The van der Waals surface area contributed by atoms with E-state index >= 15 is 0 Å². The molecule has 0 aromatic heterocycles. The zero-order chi connectivity index (χ0) is 12.1. The van der Waals surface area contributed by atoms with Crippen LogP contribution in [0.25, 0.3) is 0 Å². The van der Waals surface area contributed by atoms with E-state index in [4.69, 9.17) is 9.47 Å². The summed E-state index contributed by atoms with van der Waals surface area (Å²) in [5.41, 5.74) is 2.61. The topological polar surface area (TPSA) is 30.5 Å². The van der Waals surface area contributed by atoms with Crippen LogP contribution in [-0.2, 0) is 11.3 Å². The Morgan fingerprint density at radius 3 is 2.65 bits per heavy atom. The van der Waals surface area contributed by atoms with Gasteiger partial charge < -0.3 is 14.8 Å². The maximum atomic E-state index is 5.51. The lowest BCUT2D eigenvalue weighted by molar-refractivity contribution is 0.183. The number of methoxy groups -OCH3 is 2. The molecule has 0 saturated carbocycles. The van der Waals surface area contributed by atoms with Gasteiger partial charge in [-0.25, -0.2) is 0 Å². The van der Waals surface area contributed by atoms with Crippen LogP contribution in [0.4, 0.5) is 0 Å². The van der Waals surface area contributed by atoms with Gasteiger partial charge in [-0.3, -0.25) is 0 Å². The zero-order valence-corrected chi connectivity index (χ0v) is 10.7. The highest BCUT2D eigenvalue weighted by Crippen LogP contribution is 2.35. The van der Waals surface area contributed by atoms with Crippen molar-refractivity contribution >= 4 is 0 Å². The van der Waals surface area contributed by atoms with E-state index in [0.717, 1.165) is 18.8 Å². The zero-order valence-electron chi connectivity index (χ0n) is 10.7. The Labute approximate surface area is 103 Å². The van der Waals surface area contributed by atoms with Crippen molar-refractivity contribution < 1.29 is 9.47 Å². The third-order valence-corrected chi connectivity index (χ3v) is 3.42. The number of rotatable bonds is 4. The Hall–Kier alpha value is -1.06. The molecule has 0 bridgehead atoms. The monoisotopic (exact) mass is 235 g/mol. The van der Waals surface area contributed by atoms with Crippen LogP contribution in [0.3, 0.4) is 0 Å². The fraction of sp³-hybridized carbons (Fsp3) is 0.571. The van der Waals surface area contributed by atoms with Crippen LogP contribution < -0.4 is 10.1 Å². The second-order valence-corrected chi connectivity index (χ2v) is 4.49. The van der Waals surface area contributed by atoms with E-state index in [-0.39, 0.29) is 0 Å². The summed E-state index contributed by atoms with van der Waals surface area (Å²) in [6.45, 7) is 2.85. The van der Waals surface area contributed by atoms with E-state index in [1.54, 1.807) is 14.2 Å². The number of nitrogens with one attached hydrogen (secondary N) is 1. The lowest BCUT2D eigenvalue weighted by Crippen LogP contribution is -2.27. The Morgan fingerprint density at radius 1 is 1.24 bits per heavy atom. The largest absolute Gasteiger partial charge is 0.496 e. The van der Waals surface area contributed by atoms with E-state index < -0.39 is 0 Å². The van der Waals surface area contributed by atoms with Crippen molar-refractivity contribution in [3.8, 4) is 5.75 Å². The summed E-state index contributed by atoms with van der Waals surface area (Å²) in [6.07, 6.45) is 2.36. The van der Waals surface area contributed by atoms with Gasteiger partial charge in [-0.1, -0.05) is 12.1 Å². The Bertz CT molecular complexity index is 359. The summed E-state index contributed by atoms with van der Waals surface area (Å²) < 4.78 is 10.8. The van der Waals surface area contributed by atoms with E-state index in [9.17, 15) is 0 Å². The van der Waals surface area contributed by atoms with Crippen LogP contribution in [0.1, 0.15) is 29.9 Å². The molecule has 1 heterocycles. The van der Waals surface area contributed by atoms with Crippen molar-refractivity contribution in [2.45, 2.75) is 25.4 Å². The van der Waals surface area contributed by atoms with Gasteiger partial charge in [0.25, 0.3) is 0 Å². The summed E-state index contributed by atoms with van der Waals surface area (Å²) in [4.78, 5) is 0. The van der Waals surface area contributed by atoms with E-state index in [1.165, 1.54) is 24.0 Å². The third-order valence-electron chi connectivity index (χ3n) is 3.42. The maximum Gasteiger partial charge on any atom is 0.122 e. The molecule has 1 aromatic rings. The van der Waals surface area contributed by atoms with Crippen LogP contribution in [0, 0.1) is 0 Å². The number of hydrogen-bond donors (Lipinski definition) is 1. The van der Waals surface area contributed by atoms with Crippen LogP contribution in [-0.4, -0.2) is 27.3 Å². The molecule has 0 amide bonds. The average Bonchev–Trinajstić information content (AvgIpc) is 2.40. The molecule has 1 fully saturated rings. The molecular weight excluding hydrogens is 214 g/mol. The number of ether oxygens (including phenoxy) is 2. The van der Waals surface area contributed by atoms with E-state index in [0.29, 0.717) is 12.5 Å². The first-order valence-electron chi connectivity index (χ1n) is 6.22. The Morgan fingerprint density at radius 2 is 2.00 bits per heavy atom. The minimum absolute atomic E-state index is 0.595. The van der Waals surface area contributed by atoms with Crippen LogP contribution in [0.2, 0.25) is 0 Å². The van der Waals surface area contributed by atoms with Crippen LogP contribution in [0.5, 0.6) is 5.75 Å². The molecule has 17 heavy (non-hydrogen) atoms. The molecule has 94 valence electrons. The van der Waals surface area contributed by atoms with Crippen LogP contribution >= 0.6 is 0 Å². The van der Waals surface area contributed by atoms with Crippen molar-refractivity contribution in [3.63, 3.8) is 0 Å². The highest BCUT2D eigenvalue weighted by Gasteiger charge is 2.21. The lowest BCUT2D eigenvalue weighted by atomic mass is 9.86. The highest BCUT2D eigenvalue weighted by molar-refractivity contribution is 5.43. The van der Waals surface area contributed by atoms with E-state index in [1.807, 2.05) is 6.07 Å². The first-order valence-corrected chi connectivity index (χ1v) is 6.22. The van der Waals surface area contributed by atoms with Crippen LogP contribution in [0.15, 0.2) is 18.2 Å². The average molecular weight is 235 g/mol. The molecule has 1 aliphatic rings. The van der Waals surface area contributed by atoms with Gasteiger partial charge in [0.15, 0.2) is 0 Å². The fourth-order valence-electron chi connectivity index (χ4n) is 2.62. The fourth-order valence-corrected chi connectivity index (χ4v) is 2.62. The molecule has 0 spiro atoms. The molecule has 1 saturated heterocycles. The molecule has 3 nitrogen and oxygen atoms in total. The third kappa shape index (κ3) is 2.79. The molecule has 1 N–H and O–H groups in total. The SMILES string of the molecule is COCc1cccc(OC)c1C1CCNCC1. The van der Waals surface area contributed by atoms with Gasteiger partial charge in [0.1, 0.15) is 5.75 Å². The first kappa shape index (κ1) is 12.4. The van der Waals surface area contributed by atoms with Gasteiger partial charge in [-0.05, 0) is 43.5 Å². The van der Waals surface area contributed by atoms with E-state index in [2.05, 4.69) is 17.4 Å². The summed E-state index contributed by atoms with van der Waals surface area (Å²) in [5.74, 6) is 1.60. The van der Waals surface area contributed by atoms with Gasteiger partial charge in [0, 0.05) is 12.7 Å². The second kappa shape index (κ2) is 6.03. The van der Waals surface area contributed by atoms with Crippen molar-refractivity contribution in [2.24, 2.45) is 0 Å². The highest BCUT2D eigenvalue weighted by atomic mass is 16.5. The first-order chi connectivity index (χ1) is 8.36. The minimum atomic E-state index is 0.595. The molecule has 0 radical (unpaired) electrons. The number of hydrogen-bond acceptors (Lipinski definition) is 3. The maximum absolute atomic E-state index is 5.51. The molecule has 3 heteroatoms. The quantitative estimate of drug-likeness (QED) is 0.868. The molecule has 1 aromatic carbocycles. The van der Waals surface area contributed by atoms with Crippen molar-refractivity contribution in [2.75, 3.05) is 27.3 Å². The summed E-state index contributed by atoms with van der Waals surface area (Å²) >= 11 is 0. The molecule has 0 aliphatic carbocycles. The Balaban J connectivity index is 2.32. The molecule has 0 unspecified atom stereocenters. The van der Waals surface area contributed by atoms with Gasteiger partial charge in [0.05, 0.1) is 13.7 Å². The molecule has 2 rings (SSSR count).